The van der Waals surface area contributed by atoms with Crippen LogP contribution in [0.3, 0.4) is 0 Å². The first-order valence-corrected chi connectivity index (χ1v) is 4.98. The minimum atomic E-state index is 0.796. The third-order valence-corrected chi connectivity index (χ3v) is 2.77. The van der Waals surface area contributed by atoms with Gasteiger partial charge < -0.3 is 4.74 Å². The van der Waals surface area contributed by atoms with Crippen molar-refractivity contribution in [1.29, 1.82) is 0 Å². The molecule has 0 N–H and O–H groups in total. The van der Waals surface area contributed by atoms with Crippen LogP contribution in [0.5, 0.6) is 0 Å². The maximum absolute atomic E-state index is 5.09. The summed E-state index contributed by atoms with van der Waals surface area (Å²) in [6.07, 6.45) is 2.74. The van der Waals surface area contributed by atoms with E-state index in [2.05, 4.69) is 18.7 Å². The number of hydrogen-bond donors (Lipinski definition) is 0. The van der Waals surface area contributed by atoms with Crippen molar-refractivity contribution in [2.45, 2.75) is 32.7 Å². The third-order valence-electron chi connectivity index (χ3n) is 2.77. The second kappa shape index (κ2) is 4.83. The number of likely N-dealkylation sites (tertiary alicyclic amines) is 1. The van der Waals surface area contributed by atoms with Gasteiger partial charge in [-0.1, -0.05) is 13.8 Å². The van der Waals surface area contributed by atoms with E-state index in [1.807, 2.05) is 0 Å². The predicted molar refractivity (Wildman–Crippen MR) is 51.3 cm³/mol. The fourth-order valence-corrected chi connectivity index (χ4v) is 2.09. The molecule has 0 amide bonds. The molecule has 72 valence electrons. The Kier molecular flexibility index (Phi) is 4.02. The summed E-state index contributed by atoms with van der Waals surface area (Å²) in [7, 11) is 1.78. The number of methoxy groups -OCH3 is 1. The Morgan fingerprint density at radius 2 is 2.25 bits per heavy atom. The van der Waals surface area contributed by atoms with Gasteiger partial charge in [-0.25, -0.2) is 0 Å². The van der Waals surface area contributed by atoms with Crippen molar-refractivity contribution < 1.29 is 4.74 Å². The first-order valence-electron chi connectivity index (χ1n) is 4.98. The van der Waals surface area contributed by atoms with Crippen molar-refractivity contribution in [3.8, 4) is 0 Å². The summed E-state index contributed by atoms with van der Waals surface area (Å²) < 4.78 is 5.09. The van der Waals surface area contributed by atoms with E-state index in [-0.39, 0.29) is 0 Å². The summed E-state index contributed by atoms with van der Waals surface area (Å²) in [6, 6.07) is 0.806. The zero-order chi connectivity index (χ0) is 8.97. The Hall–Kier alpha value is -0.0800. The molecule has 1 aliphatic rings. The average molecular weight is 171 g/mol. The molecule has 1 rings (SSSR count). The highest BCUT2D eigenvalue weighted by Gasteiger charge is 2.25. The van der Waals surface area contributed by atoms with E-state index in [0.29, 0.717) is 0 Å². The Balaban J connectivity index is 2.30. The normalized spacial score (nSPS) is 25.5. The molecule has 0 aromatic rings. The van der Waals surface area contributed by atoms with E-state index in [1.165, 1.54) is 19.4 Å². The molecule has 1 unspecified atom stereocenters. The molecule has 1 fully saturated rings. The molecule has 0 aromatic heterocycles. The second-order valence-electron chi connectivity index (χ2n) is 3.98. The Morgan fingerprint density at radius 1 is 1.50 bits per heavy atom. The minimum absolute atomic E-state index is 0.796. The van der Waals surface area contributed by atoms with Gasteiger partial charge in [0.15, 0.2) is 0 Å². The van der Waals surface area contributed by atoms with Gasteiger partial charge in [-0.05, 0) is 25.3 Å². The van der Waals surface area contributed by atoms with Crippen LogP contribution in [0, 0.1) is 5.92 Å². The van der Waals surface area contributed by atoms with E-state index in [4.69, 9.17) is 4.74 Å². The van der Waals surface area contributed by atoms with Crippen molar-refractivity contribution in [1.82, 2.24) is 4.90 Å². The van der Waals surface area contributed by atoms with Gasteiger partial charge in [0.05, 0.1) is 6.61 Å². The molecule has 12 heavy (non-hydrogen) atoms. The van der Waals surface area contributed by atoms with Crippen LogP contribution in [0.4, 0.5) is 0 Å². The highest BCUT2D eigenvalue weighted by atomic mass is 16.5. The SMILES string of the molecule is COCCN1CCCC1C(C)C. The van der Waals surface area contributed by atoms with E-state index < -0.39 is 0 Å². The maximum atomic E-state index is 5.09. The largest absolute Gasteiger partial charge is 0.383 e. The van der Waals surface area contributed by atoms with Crippen LogP contribution in [0.1, 0.15) is 26.7 Å². The van der Waals surface area contributed by atoms with Gasteiger partial charge in [0.2, 0.25) is 0 Å². The molecule has 0 bridgehead atoms. The van der Waals surface area contributed by atoms with Crippen LogP contribution in [0.25, 0.3) is 0 Å². The molecule has 0 radical (unpaired) electrons. The number of ether oxygens (including phenoxy) is 1. The van der Waals surface area contributed by atoms with Crippen LogP contribution >= 0.6 is 0 Å². The Bertz CT molecular complexity index is 125. The Labute approximate surface area is 75.9 Å². The topological polar surface area (TPSA) is 12.5 Å². The molecule has 2 nitrogen and oxygen atoms in total. The first-order chi connectivity index (χ1) is 5.75. The summed E-state index contributed by atoms with van der Waals surface area (Å²) in [5, 5.41) is 0. The average Bonchev–Trinajstić information content (AvgIpc) is 2.48. The van der Waals surface area contributed by atoms with Gasteiger partial charge in [0.25, 0.3) is 0 Å². The molecule has 1 aliphatic heterocycles. The first kappa shape index (κ1) is 10.0. The molecule has 2 heteroatoms. The molecule has 0 aromatic carbocycles. The minimum Gasteiger partial charge on any atom is -0.383 e. The number of nitrogens with zero attached hydrogens (tertiary/aromatic N) is 1. The lowest BCUT2D eigenvalue weighted by Gasteiger charge is -2.26. The molecule has 1 heterocycles. The molecule has 1 saturated heterocycles. The summed E-state index contributed by atoms with van der Waals surface area (Å²) in [5.74, 6) is 0.796. The van der Waals surface area contributed by atoms with Crippen LogP contribution < -0.4 is 0 Å². The second-order valence-corrected chi connectivity index (χ2v) is 3.98. The zero-order valence-electron chi connectivity index (χ0n) is 8.55. The van der Waals surface area contributed by atoms with Gasteiger partial charge >= 0.3 is 0 Å². The van der Waals surface area contributed by atoms with Gasteiger partial charge in [0.1, 0.15) is 0 Å². The van der Waals surface area contributed by atoms with E-state index in [9.17, 15) is 0 Å². The van der Waals surface area contributed by atoms with Crippen molar-refractivity contribution in [2.24, 2.45) is 5.92 Å². The summed E-state index contributed by atoms with van der Waals surface area (Å²) in [5.41, 5.74) is 0. The van der Waals surface area contributed by atoms with Crippen LogP contribution in [-0.4, -0.2) is 37.7 Å². The monoisotopic (exact) mass is 171 g/mol. The van der Waals surface area contributed by atoms with E-state index in [0.717, 1.165) is 25.1 Å². The number of rotatable bonds is 4. The van der Waals surface area contributed by atoms with Crippen molar-refractivity contribution in [2.75, 3.05) is 26.8 Å². The fraction of sp³-hybridized carbons (Fsp3) is 1.00. The molecular weight excluding hydrogens is 150 g/mol. The Morgan fingerprint density at radius 3 is 2.83 bits per heavy atom. The van der Waals surface area contributed by atoms with E-state index >= 15 is 0 Å². The fourth-order valence-electron chi connectivity index (χ4n) is 2.09. The lowest BCUT2D eigenvalue weighted by Crippen LogP contribution is -2.35. The van der Waals surface area contributed by atoms with Crippen LogP contribution in [-0.2, 0) is 4.74 Å². The predicted octanol–water partition coefficient (Wildman–Crippen LogP) is 1.75. The lowest BCUT2D eigenvalue weighted by atomic mass is 10.0. The number of hydrogen-bond acceptors (Lipinski definition) is 2. The van der Waals surface area contributed by atoms with Gasteiger partial charge in [0, 0.05) is 19.7 Å². The quantitative estimate of drug-likeness (QED) is 0.639. The third kappa shape index (κ3) is 2.46. The van der Waals surface area contributed by atoms with Crippen LogP contribution in [0.2, 0.25) is 0 Å². The zero-order valence-corrected chi connectivity index (χ0v) is 8.55. The standard InChI is InChI=1S/C10H21NO/c1-9(2)10-5-4-6-11(10)7-8-12-3/h9-10H,4-8H2,1-3H3. The van der Waals surface area contributed by atoms with Gasteiger partial charge in [-0.15, -0.1) is 0 Å². The molecule has 0 saturated carbocycles. The maximum Gasteiger partial charge on any atom is 0.0589 e. The highest BCUT2D eigenvalue weighted by molar-refractivity contribution is 4.80. The molecule has 1 atom stereocenters. The lowest BCUT2D eigenvalue weighted by molar-refractivity contribution is 0.127. The summed E-state index contributed by atoms with van der Waals surface area (Å²) in [4.78, 5) is 2.56. The van der Waals surface area contributed by atoms with Crippen LogP contribution in [0.15, 0.2) is 0 Å². The van der Waals surface area contributed by atoms with Gasteiger partial charge in [-0.2, -0.15) is 0 Å². The summed E-state index contributed by atoms with van der Waals surface area (Å²) in [6.45, 7) is 7.89. The molecule has 0 aliphatic carbocycles. The van der Waals surface area contributed by atoms with E-state index in [1.54, 1.807) is 7.11 Å². The smallest absolute Gasteiger partial charge is 0.0589 e. The van der Waals surface area contributed by atoms with Crippen molar-refractivity contribution >= 4 is 0 Å². The van der Waals surface area contributed by atoms with Gasteiger partial charge in [-0.3, -0.25) is 4.90 Å². The highest BCUT2D eigenvalue weighted by Crippen LogP contribution is 2.22. The van der Waals surface area contributed by atoms with Crippen molar-refractivity contribution in [3.63, 3.8) is 0 Å². The molecular formula is C10H21NO. The summed E-state index contributed by atoms with van der Waals surface area (Å²) >= 11 is 0. The van der Waals surface area contributed by atoms with Crippen molar-refractivity contribution in [3.05, 3.63) is 0 Å². The molecule has 0 spiro atoms.